The average Bonchev–Trinajstić information content (AvgIpc) is 2.63. The molecule has 0 amide bonds. The van der Waals surface area contributed by atoms with Crippen molar-refractivity contribution in [2.24, 2.45) is 0 Å². The molecule has 0 fully saturated rings. The van der Waals surface area contributed by atoms with E-state index < -0.39 is 0 Å². The van der Waals surface area contributed by atoms with Crippen molar-refractivity contribution in [2.75, 3.05) is 6.61 Å². The van der Waals surface area contributed by atoms with Crippen LogP contribution in [-0.2, 0) is 9.53 Å². The molecule has 0 radical (unpaired) electrons. The van der Waals surface area contributed by atoms with Crippen LogP contribution in [0.2, 0.25) is 0 Å². The molecular weight excluding hydrogens is 176 g/mol. The summed E-state index contributed by atoms with van der Waals surface area (Å²) in [5, 5.41) is 0. The normalized spacial score (nSPS) is 15.4. The fraction of sp³-hybridized carbons (Fsp3) is 0.417. The number of ether oxygens (including phenoxy) is 1. The maximum atomic E-state index is 11.5. The van der Waals surface area contributed by atoms with Gasteiger partial charge in [0.05, 0.1) is 0 Å². The topological polar surface area (TPSA) is 26.3 Å². The number of rotatable bonds is 5. The lowest BCUT2D eigenvalue weighted by Gasteiger charge is -2.04. The van der Waals surface area contributed by atoms with Crippen LogP contribution in [0.3, 0.4) is 0 Å². The van der Waals surface area contributed by atoms with Crippen molar-refractivity contribution in [1.82, 2.24) is 0 Å². The molecule has 0 aliphatic heterocycles. The second-order valence-electron chi connectivity index (χ2n) is 3.32. The zero-order chi connectivity index (χ0) is 10.4. The van der Waals surface area contributed by atoms with Gasteiger partial charge in [-0.15, -0.1) is 6.58 Å². The number of hydrogen-bond donors (Lipinski definition) is 0. The van der Waals surface area contributed by atoms with Crippen molar-refractivity contribution in [3.63, 3.8) is 0 Å². The van der Waals surface area contributed by atoms with Crippen molar-refractivity contribution in [2.45, 2.75) is 25.7 Å². The molecule has 0 N–H and O–H groups in total. The highest BCUT2D eigenvalue weighted by Gasteiger charge is 2.20. The van der Waals surface area contributed by atoms with E-state index >= 15 is 0 Å². The van der Waals surface area contributed by atoms with E-state index in [1.54, 1.807) is 6.08 Å². The Labute approximate surface area is 85.0 Å². The lowest BCUT2D eigenvalue weighted by atomic mass is 10.1. The fourth-order valence-electron chi connectivity index (χ4n) is 1.67. The summed E-state index contributed by atoms with van der Waals surface area (Å²) in [7, 11) is 0. The van der Waals surface area contributed by atoms with E-state index in [0.717, 1.165) is 31.3 Å². The lowest BCUT2D eigenvalue weighted by Crippen LogP contribution is -2.07. The molecule has 0 aromatic carbocycles. The van der Waals surface area contributed by atoms with Crippen LogP contribution in [0.25, 0.3) is 0 Å². The first kappa shape index (κ1) is 10.8. The third-order valence-corrected chi connectivity index (χ3v) is 2.30. The van der Waals surface area contributed by atoms with Crippen LogP contribution in [-0.4, -0.2) is 12.6 Å². The van der Waals surface area contributed by atoms with E-state index in [2.05, 4.69) is 13.2 Å². The molecule has 0 spiro atoms. The number of esters is 1. The number of carbonyl (C=O) groups is 1. The van der Waals surface area contributed by atoms with Crippen LogP contribution in [0, 0.1) is 0 Å². The Morgan fingerprint density at radius 2 is 2.14 bits per heavy atom. The smallest absolute Gasteiger partial charge is 0.334 e. The standard InChI is InChI=1S/C12H16O2/c1-3-6-10-7-5-8-11(10)12(13)14-9-4-2/h3-4H,1-2,5-9H2. The van der Waals surface area contributed by atoms with Gasteiger partial charge in [-0.1, -0.05) is 24.3 Å². The van der Waals surface area contributed by atoms with E-state index in [-0.39, 0.29) is 5.97 Å². The van der Waals surface area contributed by atoms with E-state index in [1.165, 1.54) is 5.57 Å². The molecule has 2 nitrogen and oxygen atoms in total. The predicted octanol–water partition coefficient (Wildman–Crippen LogP) is 2.77. The summed E-state index contributed by atoms with van der Waals surface area (Å²) in [5.74, 6) is -0.181. The molecule has 0 saturated carbocycles. The van der Waals surface area contributed by atoms with E-state index in [9.17, 15) is 4.79 Å². The third kappa shape index (κ3) is 2.59. The van der Waals surface area contributed by atoms with Crippen molar-refractivity contribution < 1.29 is 9.53 Å². The van der Waals surface area contributed by atoms with E-state index in [0.29, 0.717) is 6.61 Å². The molecule has 1 rings (SSSR count). The number of allylic oxidation sites excluding steroid dienone is 2. The highest BCUT2D eigenvalue weighted by atomic mass is 16.5. The molecule has 0 aromatic rings. The summed E-state index contributed by atoms with van der Waals surface area (Å²) in [5.41, 5.74) is 2.04. The van der Waals surface area contributed by atoms with Crippen molar-refractivity contribution in [1.29, 1.82) is 0 Å². The van der Waals surface area contributed by atoms with Gasteiger partial charge >= 0.3 is 5.97 Å². The first-order chi connectivity index (χ1) is 6.79. The fourth-order valence-corrected chi connectivity index (χ4v) is 1.67. The van der Waals surface area contributed by atoms with Gasteiger partial charge in [0.2, 0.25) is 0 Å². The van der Waals surface area contributed by atoms with Crippen LogP contribution in [0.15, 0.2) is 36.5 Å². The van der Waals surface area contributed by atoms with E-state index in [1.807, 2.05) is 6.08 Å². The second kappa shape index (κ2) is 5.43. The molecule has 0 heterocycles. The monoisotopic (exact) mass is 192 g/mol. The summed E-state index contributed by atoms with van der Waals surface area (Å²) in [4.78, 5) is 11.5. The molecule has 2 heteroatoms. The second-order valence-corrected chi connectivity index (χ2v) is 3.32. The Bertz CT molecular complexity index is 274. The predicted molar refractivity (Wildman–Crippen MR) is 56.8 cm³/mol. The van der Waals surface area contributed by atoms with Gasteiger partial charge < -0.3 is 4.74 Å². The van der Waals surface area contributed by atoms with Gasteiger partial charge in [0, 0.05) is 5.57 Å². The number of carbonyl (C=O) groups excluding carboxylic acids is 1. The van der Waals surface area contributed by atoms with Crippen molar-refractivity contribution in [3.05, 3.63) is 36.5 Å². The molecule has 1 aliphatic carbocycles. The van der Waals surface area contributed by atoms with Crippen LogP contribution in [0.4, 0.5) is 0 Å². The van der Waals surface area contributed by atoms with Gasteiger partial charge in [0.1, 0.15) is 6.61 Å². The highest BCUT2D eigenvalue weighted by molar-refractivity contribution is 5.90. The highest BCUT2D eigenvalue weighted by Crippen LogP contribution is 2.29. The van der Waals surface area contributed by atoms with Crippen LogP contribution in [0.5, 0.6) is 0 Å². The minimum atomic E-state index is -0.181. The summed E-state index contributed by atoms with van der Waals surface area (Å²) in [6.45, 7) is 7.48. The molecule has 0 saturated heterocycles. The first-order valence-corrected chi connectivity index (χ1v) is 4.89. The Kier molecular flexibility index (Phi) is 4.17. The van der Waals surface area contributed by atoms with Gasteiger partial charge in [-0.3, -0.25) is 0 Å². The Morgan fingerprint density at radius 1 is 1.36 bits per heavy atom. The summed E-state index contributed by atoms with van der Waals surface area (Å²) < 4.78 is 5.00. The van der Waals surface area contributed by atoms with Crippen molar-refractivity contribution in [3.8, 4) is 0 Å². The Hall–Kier alpha value is -1.31. The molecule has 14 heavy (non-hydrogen) atoms. The summed E-state index contributed by atoms with van der Waals surface area (Å²) in [6.07, 6.45) is 7.13. The minimum absolute atomic E-state index is 0.181. The SMILES string of the molecule is C=CCOC(=O)C1=C(CC=C)CCC1. The molecular formula is C12H16O2. The zero-order valence-corrected chi connectivity index (χ0v) is 8.42. The molecule has 0 bridgehead atoms. The summed E-state index contributed by atoms with van der Waals surface area (Å²) in [6, 6.07) is 0. The maximum Gasteiger partial charge on any atom is 0.334 e. The van der Waals surface area contributed by atoms with Gasteiger partial charge in [-0.25, -0.2) is 4.79 Å². The molecule has 0 atom stereocenters. The average molecular weight is 192 g/mol. The van der Waals surface area contributed by atoms with Gasteiger partial charge in [0.25, 0.3) is 0 Å². The lowest BCUT2D eigenvalue weighted by molar-refractivity contribution is -0.137. The van der Waals surface area contributed by atoms with Crippen LogP contribution >= 0.6 is 0 Å². The summed E-state index contributed by atoms with van der Waals surface area (Å²) >= 11 is 0. The zero-order valence-electron chi connectivity index (χ0n) is 8.42. The van der Waals surface area contributed by atoms with Crippen molar-refractivity contribution >= 4 is 5.97 Å². The third-order valence-electron chi connectivity index (χ3n) is 2.30. The first-order valence-electron chi connectivity index (χ1n) is 4.89. The Balaban J connectivity index is 2.63. The van der Waals surface area contributed by atoms with Gasteiger partial charge in [-0.05, 0) is 25.7 Å². The van der Waals surface area contributed by atoms with E-state index in [4.69, 9.17) is 4.74 Å². The minimum Gasteiger partial charge on any atom is -0.458 e. The number of hydrogen-bond acceptors (Lipinski definition) is 2. The van der Waals surface area contributed by atoms with Crippen LogP contribution < -0.4 is 0 Å². The molecule has 0 unspecified atom stereocenters. The van der Waals surface area contributed by atoms with Gasteiger partial charge in [0.15, 0.2) is 0 Å². The molecule has 0 aromatic heterocycles. The quantitative estimate of drug-likeness (QED) is 0.494. The largest absolute Gasteiger partial charge is 0.458 e. The molecule has 76 valence electrons. The van der Waals surface area contributed by atoms with Gasteiger partial charge in [-0.2, -0.15) is 0 Å². The Morgan fingerprint density at radius 3 is 2.79 bits per heavy atom. The maximum absolute atomic E-state index is 11.5. The van der Waals surface area contributed by atoms with Crippen LogP contribution in [0.1, 0.15) is 25.7 Å². The molecule has 1 aliphatic rings.